The molecule has 2 N–H and O–H groups in total. The number of benzene rings is 1. The van der Waals surface area contributed by atoms with Crippen LogP contribution in [0.25, 0.3) is 10.9 Å². The summed E-state index contributed by atoms with van der Waals surface area (Å²) in [5, 5.41) is 2.01. The largest absolute Gasteiger partial charge is 0.347 e. The summed E-state index contributed by atoms with van der Waals surface area (Å²) in [4.78, 5) is 0. The third kappa shape index (κ3) is 1.83. The second kappa shape index (κ2) is 4.48. The monoisotopic (exact) mass is 236 g/mol. The molecule has 0 spiro atoms. The summed E-state index contributed by atoms with van der Waals surface area (Å²) < 4.78 is 2.24. The number of hydrogen-bond donors (Lipinski definition) is 1. The highest BCUT2D eigenvalue weighted by molar-refractivity contribution is 6.31. The van der Waals surface area contributed by atoms with Crippen molar-refractivity contribution in [3.05, 3.63) is 35.0 Å². The molecule has 86 valence electrons. The highest BCUT2D eigenvalue weighted by Gasteiger charge is 2.12. The first-order chi connectivity index (χ1) is 7.67. The molecule has 3 heteroatoms. The first-order valence-electron chi connectivity index (χ1n) is 5.65. The van der Waals surface area contributed by atoms with Crippen molar-refractivity contribution in [1.29, 1.82) is 0 Å². The molecule has 0 radical (unpaired) electrons. The fourth-order valence-corrected chi connectivity index (χ4v) is 2.25. The Hall–Kier alpha value is -0.990. The van der Waals surface area contributed by atoms with Crippen molar-refractivity contribution in [2.45, 2.75) is 26.3 Å². The molecule has 0 saturated carbocycles. The van der Waals surface area contributed by atoms with Crippen LogP contribution in [-0.2, 0) is 6.54 Å². The van der Waals surface area contributed by atoms with Gasteiger partial charge in [0.1, 0.15) is 0 Å². The van der Waals surface area contributed by atoms with Gasteiger partial charge in [0, 0.05) is 28.7 Å². The van der Waals surface area contributed by atoms with Gasteiger partial charge in [-0.05, 0) is 43.1 Å². The van der Waals surface area contributed by atoms with Crippen molar-refractivity contribution < 1.29 is 0 Å². The topological polar surface area (TPSA) is 30.9 Å². The molecule has 1 aromatic carbocycles. The van der Waals surface area contributed by atoms with Gasteiger partial charge in [-0.1, -0.05) is 18.5 Å². The van der Waals surface area contributed by atoms with Crippen LogP contribution in [-0.4, -0.2) is 11.1 Å². The molecular formula is C13H17ClN2. The number of aromatic nitrogens is 1. The van der Waals surface area contributed by atoms with Crippen LogP contribution >= 0.6 is 11.6 Å². The van der Waals surface area contributed by atoms with Gasteiger partial charge in [-0.15, -0.1) is 0 Å². The van der Waals surface area contributed by atoms with E-state index in [4.69, 9.17) is 17.3 Å². The van der Waals surface area contributed by atoms with Gasteiger partial charge in [0.05, 0.1) is 0 Å². The van der Waals surface area contributed by atoms with Crippen molar-refractivity contribution in [1.82, 2.24) is 4.57 Å². The van der Waals surface area contributed by atoms with Gasteiger partial charge in [0.2, 0.25) is 0 Å². The predicted octanol–water partition coefficient (Wildman–Crippen LogP) is 3.38. The quantitative estimate of drug-likeness (QED) is 0.870. The highest BCUT2D eigenvalue weighted by atomic mass is 35.5. The molecule has 1 unspecified atom stereocenters. The molecule has 1 atom stereocenters. The average molecular weight is 237 g/mol. The molecule has 0 aliphatic heterocycles. The van der Waals surface area contributed by atoms with Crippen LogP contribution in [0.1, 0.15) is 25.3 Å². The SMILES string of the molecule is CCn1cc(C(C)CN)c2cc(Cl)ccc21. The summed E-state index contributed by atoms with van der Waals surface area (Å²) in [5.74, 6) is 0.369. The minimum Gasteiger partial charge on any atom is -0.347 e. The highest BCUT2D eigenvalue weighted by Crippen LogP contribution is 2.29. The minimum atomic E-state index is 0.369. The summed E-state index contributed by atoms with van der Waals surface area (Å²) in [7, 11) is 0. The van der Waals surface area contributed by atoms with Crippen LogP contribution < -0.4 is 5.73 Å². The van der Waals surface area contributed by atoms with E-state index in [0.717, 1.165) is 11.6 Å². The van der Waals surface area contributed by atoms with Gasteiger partial charge >= 0.3 is 0 Å². The molecule has 2 aromatic rings. The van der Waals surface area contributed by atoms with E-state index in [1.807, 2.05) is 12.1 Å². The maximum absolute atomic E-state index is 6.05. The number of nitrogens with zero attached hydrogens (tertiary/aromatic N) is 1. The summed E-state index contributed by atoms with van der Waals surface area (Å²) in [5.41, 5.74) is 8.27. The summed E-state index contributed by atoms with van der Waals surface area (Å²) in [6.45, 7) is 5.92. The van der Waals surface area contributed by atoms with Crippen LogP contribution in [0, 0.1) is 0 Å². The summed E-state index contributed by atoms with van der Waals surface area (Å²) in [6.07, 6.45) is 2.19. The first kappa shape index (κ1) is 11.5. The maximum Gasteiger partial charge on any atom is 0.0484 e. The molecule has 0 saturated heterocycles. The zero-order valence-corrected chi connectivity index (χ0v) is 10.5. The fourth-order valence-electron chi connectivity index (χ4n) is 2.08. The van der Waals surface area contributed by atoms with E-state index >= 15 is 0 Å². The molecule has 0 amide bonds. The Balaban J connectivity index is 2.68. The van der Waals surface area contributed by atoms with E-state index in [2.05, 4.69) is 30.7 Å². The lowest BCUT2D eigenvalue weighted by Gasteiger charge is -2.06. The molecule has 0 aliphatic rings. The Morgan fingerprint density at radius 1 is 1.44 bits per heavy atom. The Morgan fingerprint density at radius 2 is 2.19 bits per heavy atom. The molecule has 0 fully saturated rings. The Bertz CT molecular complexity index is 502. The van der Waals surface area contributed by atoms with Gasteiger partial charge in [-0.25, -0.2) is 0 Å². The van der Waals surface area contributed by atoms with Crippen LogP contribution in [0.5, 0.6) is 0 Å². The number of hydrogen-bond acceptors (Lipinski definition) is 1. The second-order valence-electron chi connectivity index (χ2n) is 4.17. The summed E-state index contributed by atoms with van der Waals surface area (Å²) >= 11 is 6.05. The van der Waals surface area contributed by atoms with Crippen molar-refractivity contribution in [3.63, 3.8) is 0 Å². The molecule has 1 aromatic heterocycles. The standard InChI is InChI=1S/C13H17ClN2/c1-3-16-8-12(9(2)7-15)11-6-10(14)4-5-13(11)16/h4-6,8-9H,3,7,15H2,1-2H3. The Morgan fingerprint density at radius 3 is 2.81 bits per heavy atom. The number of nitrogens with two attached hydrogens (primary N) is 1. The van der Waals surface area contributed by atoms with Crippen LogP contribution in [0.4, 0.5) is 0 Å². The van der Waals surface area contributed by atoms with E-state index in [1.54, 1.807) is 0 Å². The van der Waals surface area contributed by atoms with Crippen molar-refractivity contribution in [2.75, 3.05) is 6.54 Å². The lowest BCUT2D eigenvalue weighted by atomic mass is 10.0. The Kier molecular flexibility index (Phi) is 3.22. The minimum absolute atomic E-state index is 0.369. The second-order valence-corrected chi connectivity index (χ2v) is 4.61. The molecule has 16 heavy (non-hydrogen) atoms. The first-order valence-corrected chi connectivity index (χ1v) is 6.03. The zero-order chi connectivity index (χ0) is 11.7. The molecule has 2 rings (SSSR count). The van der Waals surface area contributed by atoms with E-state index in [1.165, 1.54) is 16.5 Å². The molecule has 1 heterocycles. The molecule has 0 aliphatic carbocycles. The zero-order valence-electron chi connectivity index (χ0n) is 9.70. The Labute approximate surface area is 101 Å². The third-order valence-electron chi connectivity index (χ3n) is 3.10. The number of aryl methyl sites for hydroxylation is 1. The number of fused-ring (bicyclic) bond motifs is 1. The van der Waals surface area contributed by atoms with E-state index in [0.29, 0.717) is 12.5 Å². The van der Waals surface area contributed by atoms with Crippen LogP contribution in [0.2, 0.25) is 5.02 Å². The van der Waals surface area contributed by atoms with Crippen molar-refractivity contribution in [2.24, 2.45) is 5.73 Å². The number of halogens is 1. The lowest BCUT2D eigenvalue weighted by molar-refractivity contribution is 0.752. The lowest BCUT2D eigenvalue weighted by Crippen LogP contribution is -2.08. The van der Waals surface area contributed by atoms with Crippen LogP contribution in [0.3, 0.4) is 0 Å². The average Bonchev–Trinajstić information content (AvgIpc) is 2.66. The molecule has 0 bridgehead atoms. The molecule has 2 nitrogen and oxygen atoms in total. The van der Waals surface area contributed by atoms with E-state index < -0.39 is 0 Å². The van der Waals surface area contributed by atoms with Gasteiger partial charge < -0.3 is 10.3 Å². The van der Waals surface area contributed by atoms with Crippen molar-refractivity contribution >= 4 is 22.5 Å². The number of rotatable bonds is 3. The smallest absolute Gasteiger partial charge is 0.0484 e. The third-order valence-corrected chi connectivity index (χ3v) is 3.33. The van der Waals surface area contributed by atoms with Gasteiger partial charge in [0.25, 0.3) is 0 Å². The van der Waals surface area contributed by atoms with Crippen LogP contribution in [0.15, 0.2) is 24.4 Å². The van der Waals surface area contributed by atoms with Gasteiger partial charge in [-0.3, -0.25) is 0 Å². The van der Waals surface area contributed by atoms with Gasteiger partial charge in [0.15, 0.2) is 0 Å². The maximum atomic E-state index is 6.05. The van der Waals surface area contributed by atoms with Crippen molar-refractivity contribution in [3.8, 4) is 0 Å². The summed E-state index contributed by atoms with van der Waals surface area (Å²) in [6, 6.07) is 6.05. The van der Waals surface area contributed by atoms with E-state index in [-0.39, 0.29) is 0 Å². The molecular weight excluding hydrogens is 220 g/mol. The van der Waals surface area contributed by atoms with Gasteiger partial charge in [-0.2, -0.15) is 0 Å². The normalized spacial score (nSPS) is 13.2. The van der Waals surface area contributed by atoms with E-state index in [9.17, 15) is 0 Å². The predicted molar refractivity (Wildman–Crippen MR) is 70.1 cm³/mol. The fraction of sp³-hybridized carbons (Fsp3) is 0.385.